The van der Waals surface area contributed by atoms with E-state index in [-0.39, 0.29) is 23.0 Å². The Morgan fingerprint density at radius 1 is 1.10 bits per heavy atom. The zero-order valence-electron chi connectivity index (χ0n) is 13.4. The van der Waals surface area contributed by atoms with Gasteiger partial charge < -0.3 is 21.7 Å². The fraction of sp³-hybridized carbons (Fsp3) is 0.750. The first-order valence-corrected chi connectivity index (χ1v) is 7.89. The molecule has 1 aromatic rings. The van der Waals surface area contributed by atoms with E-state index in [0.29, 0.717) is 13.2 Å². The number of aromatic nitrogens is 2. The summed E-state index contributed by atoms with van der Waals surface area (Å²) in [4.78, 5) is 11.6. The highest BCUT2D eigenvalue weighted by Gasteiger charge is 2.08. The SMILES string of the molecule is CCCCCCCCCCOC(=O)Cn1cc[n+](C)c1.[Br-]. The molecule has 0 aliphatic carbocycles. The first kappa shape index (κ1) is 20.2. The summed E-state index contributed by atoms with van der Waals surface area (Å²) in [6, 6.07) is 0. The molecular weight excluding hydrogens is 332 g/mol. The van der Waals surface area contributed by atoms with Crippen LogP contribution in [0, 0.1) is 0 Å². The minimum atomic E-state index is -0.149. The molecule has 0 aliphatic heterocycles. The summed E-state index contributed by atoms with van der Waals surface area (Å²) in [5.74, 6) is -0.149. The molecule has 1 aromatic heterocycles. The van der Waals surface area contributed by atoms with Crippen LogP contribution in [0.3, 0.4) is 0 Å². The van der Waals surface area contributed by atoms with Crippen LogP contribution in [0.1, 0.15) is 58.3 Å². The Balaban J connectivity index is 0.00000400. The summed E-state index contributed by atoms with van der Waals surface area (Å²) in [5, 5.41) is 0. The van der Waals surface area contributed by atoms with Gasteiger partial charge in [0.25, 0.3) is 0 Å². The summed E-state index contributed by atoms with van der Waals surface area (Å²) < 4.78 is 8.97. The summed E-state index contributed by atoms with van der Waals surface area (Å²) in [6.45, 7) is 3.10. The minimum Gasteiger partial charge on any atom is -1.00 e. The molecule has 0 aliphatic rings. The number of imidazole rings is 1. The molecule has 5 heteroatoms. The molecular formula is C16H29BrN2O2. The number of unbranched alkanes of at least 4 members (excludes halogenated alkanes) is 7. The molecule has 0 saturated heterocycles. The van der Waals surface area contributed by atoms with Gasteiger partial charge in [0.05, 0.1) is 13.7 Å². The van der Waals surface area contributed by atoms with E-state index in [1.807, 2.05) is 34.9 Å². The second kappa shape index (κ2) is 12.9. The largest absolute Gasteiger partial charge is 1.00 e. The van der Waals surface area contributed by atoms with Crippen molar-refractivity contribution in [3.63, 3.8) is 0 Å². The standard InChI is InChI=1S/C16H29N2O2.BrH/c1-3-4-5-6-7-8-9-10-13-20-16(19)14-18-12-11-17(2)15-18;/h11-12,15H,3-10,13-14H2,1-2H3;1H/q+1;/p-1. The lowest BCUT2D eigenvalue weighted by atomic mass is 10.1. The summed E-state index contributed by atoms with van der Waals surface area (Å²) in [7, 11) is 1.93. The summed E-state index contributed by atoms with van der Waals surface area (Å²) >= 11 is 0. The van der Waals surface area contributed by atoms with E-state index in [1.165, 1.54) is 38.5 Å². The molecule has 0 fully saturated rings. The number of halogens is 1. The Kier molecular flexibility index (Phi) is 12.4. The average molecular weight is 361 g/mol. The molecule has 0 radical (unpaired) electrons. The van der Waals surface area contributed by atoms with Gasteiger partial charge in [-0.05, 0) is 6.42 Å². The van der Waals surface area contributed by atoms with Crippen molar-refractivity contribution in [1.82, 2.24) is 4.57 Å². The molecule has 0 unspecified atom stereocenters. The van der Waals surface area contributed by atoms with Crippen molar-refractivity contribution in [2.45, 2.75) is 64.8 Å². The van der Waals surface area contributed by atoms with Gasteiger partial charge in [-0.25, -0.2) is 13.9 Å². The Morgan fingerprint density at radius 2 is 1.71 bits per heavy atom. The van der Waals surface area contributed by atoms with Gasteiger partial charge in [0.2, 0.25) is 6.33 Å². The third-order valence-corrected chi connectivity index (χ3v) is 3.40. The summed E-state index contributed by atoms with van der Waals surface area (Å²) in [5.41, 5.74) is 0. The van der Waals surface area contributed by atoms with Crippen LogP contribution in [0.15, 0.2) is 18.7 Å². The smallest absolute Gasteiger partial charge is 0.348 e. The molecule has 0 aromatic carbocycles. The minimum absolute atomic E-state index is 0. The number of aryl methyl sites for hydroxylation is 1. The van der Waals surface area contributed by atoms with Crippen LogP contribution in [-0.4, -0.2) is 17.1 Å². The van der Waals surface area contributed by atoms with Crippen LogP contribution >= 0.6 is 0 Å². The molecule has 122 valence electrons. The number of carbonyl (C=O) groups excluding carboxylic acids is 1. The number of nitrogens with zero attached hydrogens (tertiary/aromatic N) is 2. The monoisotopic (exact) mass is 360 g/mol. The quantitative estimate of drug-likeness (QED) is 0.316. The number of esters is 1. The maximum atomic E-state index is 11.6. The Morgan fingerprint density at radius 3 is 2.29 bits per heavy atom. The number of ether oxygens (including phenoxy) is 1. The maximum absolute atomic E-state index is 11.6. The van der Waals surface area contributed by atoms with Crippen molar-refractivity contribution in [3.05, 3.63) is 18.7 Å². The third kappa shape index (κ3) is 10.5. The zero-order chi connectivity index (χ0) is 14.6. The molecule has 21 heavy (non-hydrogen) atoms. The molecule has 0 amide bonds. The van der Waals surface area contributed by atoms with E-state index in [0.717, 1.165) is 12.8 Å². The van der Waals surface area contributed by atoms with E-state index in [4.69, 9.17) is 4.74 Å². The first-order chi connectivity index (χ1) is 9.72. The van der Waals surface area contributed by atoms with Gasteiger partial charge in [0.1, 0.15) is 12.4 Å². The molecule has 0 spiro atoms. The molecule has 0 N–H and O–H groups in total. The molecule has 4 nitrogen and oxygen atoms in total. The van der Waals surface area contributed by atoms with Crippen molar-refractivity contribution >= 4 is 5.97 Å². The number of carbonyl (C=O) groups is 1. The van der Waals surface area contributed by atoms with Crippen LogP contribution in [0.4, 0.5) is 0 Å². The lowest BCUT2D eigenvalue weighted by molar-refractivity contribution is -0.671. The highest BCUT2D eigenvalue weighted by atomic mass is 79.9. The fourth-order valence-electron chi connectivity index (χ4n) is 2.21. The topological polar surface area (TPSA) is 35.1 Å². The van der Waals surface area contributed by atoms with E-state index in [1.54, 1.807) is 0 Å². The lowest BCUT2D eigenvalue weighted by Crippen LogP contribution is -3.00. The molecule has 0 bridgehead atoms. The second-order valence-electron chi connectivity index (χ2n) is 5.45. The number of hydrogen-bond acceptors (Lipinski definition) is 2. The zero-order valence-corrected chi connectivity index (χ0v) is 15.0. The third-order valence-electron chi connectivity index (χ3n) is 3.40. The summed E-state index contributed by atoms with van der Waals surface area (Å²) in [6.07, 6.45) is 15.7. The van der Waals surface area contributed by atoms with Crippen LogP contribution in [0.2, 0.25) is 0 Å². The molecule has 0 atom stereocenters. The van der Waals surface area contributed by atoms with Gasteiger partial charge >= 0.3 is 5.97 Å². The van der Waals surface area contributed by atoms with Crippen molar-refractivity contribution in [2.24, 2.45) is 7.05 Å². The average Bonchev–Trinajstić information content (AvgIpc) is 2.82. The van der Waals surface area contributed by atoms with E-state index in [9.17, 15) is 4.79 Å². The van der Waals surface area contributed by atoms with Crippen molar-refractivity contribution in [2.75, 3.05) is 6.61 Å². The van der Waals surface area contributed by atoms with E-state index < -0.39 is 0 Å². The highest BCUT2D eigenvalue weighted by Crippen LogP contribution is 2.08. The lowest BCUT2D eigenvalue weighted by Gasteiger charge is -2.03. The van der Waals surface area contributed by atoms with Crippen LogP contribution in [0.5, 0.6) is 0 Å². The molecule has 1 rings (SSSR count). The predicted octanol–water partition coefficient (Wildman–Crippen LogP) is 0.000500. The number of rotatable bonds is 11. The molecule has 0 saturated carbocycles. The van der Waals surface area contributed by atoms with Crippen LogP contribution in [-0.2, 0) is 23.1 Å². The highest BCUT2D eigenvalue weighted by molar-refractivity contribution is 5.69. The van der Waals surface area contributed by atoms with Gasteiger partial charge in [-0.1, -0.05) is 51.9 Å². The first-order valence-electron chi connectivity index (χ1n) is 7.89. The Hall–Kier alpha value is -0.840. The normalized spacial score (nSPS) is 10.2. The van der Waals surface area contributed by atoms with Gasteiger partial charge in [-0.2, -0.15) is 0 Å². The van der Waals surface area contributed by atoms with Gasteiger partial charge in [-0.15, -0.1) is 0 Å². The van der Waals surface area contributed by atoms with Gasteiger partial charge in [0.15, 0.2) is 6.54 Å². The Bertz CT molecular complexity index is 380. The van der Waals surface area contributed by atoms with Crippen LogP contribution in [0.25, 0.3) is 0 Å². The molecule has 1 heterocycles. The second-order valence-corrected chi connectivity index (χ2v) is 5.45. The van der Waals surface area contributed by atoms with Crippen molar-refractivity contribution in [3.8, 4) is 0 Å². The van der Waals surface area contributed by atoms with Crippen molar-refractivity contribution in [1.29, 1.82) is 0 Å². The van der Waals surface area contributed by atoms with Gasteiger partial charge in [0, 0.05) is 0 Å². The van der Waals surface area contributed by atoms with E-state index >= 15 is 0 Å². The van der Waals surface area contributed by atoms with E-state index in [2.05, 4.69) is 6.92 Å². The fourth-order valence-corrected chi connectivity index (χ4v) is 2.21. The Labute approximate surface area is 139 Å². The number of hydrogen-bond donors (Lipinski definition) is 0. The van der Waals surface area contributed by atoms with Gasteiger partial charge in [-0.3, -0.25) is 0 Å². The van der Waals surface area contributed by atoms with Crippen molar-refractivity contribution < 1.29 is 31.1 Å². The predicted molar refractivity (Wildman–Crippen MR) is 79.2 cm³/mol. The van der Waals surface area contributed by atoms with Crippen LogP contribution < -0.4 is 21.5 Å². The maximum Gasteiger partial charge on any atom is 0.348 e.